The molecule has 1 aromatic carbocycles. The number of nitrogens with two attached hydrogens (primary N) is 1. The molecular formula is C20H30N4O3. The molecule has 2 aliphatic heterocycles. The molecule has 0 radical (unpaired) electrons. The minimum atomic E-state index is -0.790. The monoisotopic (exact) mass is 374 g/mol. The van der Waals surface area contributed by atoms with Crippen LogP contribution >= 0.6 is 0 Å². The molecule has 0 unspecified atom stereocenters. The van der Waals surface area contributed by atoms with Crippen LogP contribution < -0.4 is 11.1 Å². The predicted molar refractivity (Wildman–Crippen MR) is 104 cm³/mol. The van der Waals surface area contributed by atoms with Gasteiger partial charge in [0.1, 0.15) is 0 Å². The zero-order valence-corrected chi connectivity index (χ0v) is 16.1. The summed E-state index contributed by atoms with van der Waals surface area (Å²) in [7, 11) is 0. The molecule has 7 nitrogen and oxygen atoms in total. The fourth-order valence-corrected chi connectivity index (χ4v) is 3.72. The highest BCUT2D eigenvalue weighted by molar-refractivity contribution is 5.93. The summed E-state index contributed by atoms with van der Waals surface area (Å²) in [5.41, 5.74) is 7.53. The van der Waals surface area contributed by atoms with Gasteiger partial charge in [-0.15, -0.1) is 0 Å². The Balaban J connectivity index is 1.48. The van der Waals surface area contributed by atoms with Crippen molar-refractivity contribution in [1.82, 2.24) is 9.80 Å². The number of carbonyl (C=O) groups excluding carboxylic acids is 2. The quantitative estimate of drug-likeness (QED) is 0.797. The summed E-state index contributed by atoms with van der Waals surface area (Å²) < 4.78 is 5.33. The van der Waals surface area contributed by atoms with Crippen LogP contribution in [0.4, 0.5) is 5.69 Å². The van der Waals surface area contributed by atoms with Gasteiger partial charge in [-0.3, -0.25) is 14.5 Å². The van der Waals surface area contributed by atoms with Crippen LogP contribution in [0.2, 0.25) is 0 Å². The lowest BCUT2D eigenvalue weighted by Crippen LogP contribution is -2.61. The van der Waals surface area contributed by atoms with Gasteiger partial charge in [0.05, 0.1) is 12.1 Å². The first-order valence-electron chi connectivity index (χ1n) is 9.78. The lowest BCUT2D eigenvalue weighted by Gasteiger charge is -2.40. The summed E-state index contributed by atoms with van der Waals surface area (Å²) in [6.07, 6.45) is 2.03. The van der Waals surface area contributed by atoms with E-state index in [1.165, 1.54) is 0 Å². The first-order valence-corrected chi connectivity index (χ1v) is 9.78. The highest BCUT2D eigenvalue weighted by Gasteiger charge is 2.39. The molecule has 0 bridgehead atoms. The number of amides is 2. The van der Waals surface area contributed by atoms with Gasteiger partial charge in [0.25, 0.3) is 0 Å². The number of ether oxygens (including phenoxy) is 1. The lowest BCUT2D eigenvalue weighted by molar-refractivity contribution is -0.142. The summed E-state index contributed by atoms with van der Waals surface area (Å²) in [5, 5.41) is 3.01. The highest BCUT2D eigenvalue weighted by Crippen LogP contribution is 2.21. The Labute approximate surface area is 160 Å². The number of nitrogens with one attached hydrogen (secondary N) is 1. The van der Waals surface area contributed by atoms with E-state index in [0.29, 0.717) is 58.8 Å². The van der Waals surface area contributed by atoms with Crippen molar-refractivity contribution in [2.24, 2.45) is 5.73 Å². The van der Waals surface area contributed by atoms with Crippen molar-refractivity contribution < 1.29 is 14.3 Å². The van der Waals surface area contributed by atoms with Crippen LogP contribution in [0.3, 0.4) is 0 Å². The van der Waals surface area contributed by atoms with Crippen LogP contribution in [-0.4, -0.2) is 73.1 Å². The fourth-order valence-electron chi connectivity index (χ4n) is 3.72. The molecule has 3 rings (SSSR count). The molecule has 148 valence electrons. The molecule has 2 saturated heterocycles. The van der Waals surface area contributed by atoms with Gasteiger partial charge >= 0.3 is 0 Å². The SMILES string of the molecule is CCc1ccccc1NC(=O)CN1CCN(C(=O)C2(N)CCOCC2)CC1. The maximum atomic E-state index is 12.8. The van der Waals surface area contributed by atoms with E-state index >= 15 is 0 Å². The van der Waals surface area contributed by atoms with Gasteiger partial charge in [-0.1, -0.05) is 25.1 Å². The molecule has 0 aliphatic carbocycles. The van der Waals surface area contributed by atoms with Gasteiger partial charge in [0.15, 0.2) is 0 Å². The van der Waals surface area contributed by atoms with E-state index in [4.69, 9.17) is 10.5 Å². The smallest absolute Gasteiger partial charge is 0.242 e. The van der Waals surface area contributed by atoms with Crippen molar-refractivity contribution >= 4 is 17.5 Å². The van der Waals surface area contributed by atoms with Crippen molar-refractivity contribution in [2.45, 2.75) is 31.7 Å². The molecule has 0 atom stereocenters. The maximum absolute atomic E-state index is 12.8. The standard InChI is InChI=1S/C20H30N4O3/c1-2-16-5-3-4-6-17(16)22-18(25)15-23-9-11-24(12-10-23)19(26)20(21)7-13-27-14-8-20/h3-6H,2,7-15,21H2,1H3,(H,22,25). The number of para-hydroxylation sites is 1. The van der Waals surface area contributed by atoms with E-state index in [0.717, 1.165) is 17.7 Å². The molecule has 27 heavy (non-hydrogen) atoms. The van der Waals surface area contributed by atoms with Crippen molar-refractivity contribution in [1.29, 1.82) is 0 Å². The number of nitrogens with zero attached hydrogens (tertiary/aromatic N) is 2. The van der Waals surface area contributed by atoms with Gasteiger partial charge in [-0.2, -0.15) is 0 Å². The zero-order valence-electron chi connectivity index (χ0n) is 16.1. The molecule has 0 aromatic heterocycles. The largest absolute Gasteiger partial charge is 0.381 e. The summed E-state index contributed by atoms with van der Waals surface area (Å²) >= 11 is 0. The third kappa shape index (κ3) is 4.86. The first-order chi connectivity index (χ1) is 13.0. The number of benzene rings is 1. The van der Waals surface area contributed by atoms with Crippen LogP contribution in [0, 0.1) is 0 Å². The van der Waals surface area contributed by atoms with E-state index in [2.05, 4.69) is 17.1 Å². The van der Waals surface area contributed by atoms with Gasteiger partial charge in [-0.25, -0.2) is 0 Å². The Morgan fingerprint density at radius 3 is 2.48 bits per heavy atom. The summed E-state index contributed by atoms with van der Waals surface area (Å²) in [5.74, 6) is 0.00201. The zero-order chi connectivity index (χ0) is 19.3. The molecule has 1 aromatic rings. The Hall–Kier alpha value is -1.96. The van der Waals surface area contributed by atoms with Crippen LogP contribution in [0.5, 0.6) is 0 Å². The molecule has 0 saturated carbocycles. The molecule has 2 heterocycles. The van der Waals surface area contributed by atoms with Crippen molar-refractivity contribution in [3.05, 3.63) is 29.8 Å². The maximum Gasteiger partial charge on any atom is 0.242 e. The van der Waals surface area contributed by atoms with E-state index in [9.17, 15) is 9.59 Å². The third-order valence-electron chi connectivity index (χ3n) is 5.51. The van der Waals surface area contributed by atoms with Crippen LogP contribution in [0.15, 0.2) is 24.3 Å². The summed E-state index contributed by atoms with van der Waals surface area (Å²) in [4.78, 5) is 29.1. The third-order valence-corrected chi connectivity index (χ3v) is 5.51. The fraction of sp³-hybridized carbons (Fsp3) is 0.600. The number of anilines is 1. The highest BCUT2D eigenvalue weighted by atomic mass is 16.5. The van der Waals surface area contributed by atoms with Crippen molar-refractivity contribution in [3.8, 4) is 0 Å². The number of rotatable bonds is 5. The topological polar surface area (TPSA) is 87.9 Å². The van der Waals surface area contributed by atoms with Crippen LogP contribution in [0.1, 0.15) is 25.3 Å². The molecule has 2 fully saturated rings. The minimum Gasteiger partial charge on any atom is -0.381 e. The van der Waals surface area contributed by atoms with Gasteiger partial charge in [0.2, 0.25) is 11.8 Å². The predicted octanol–water partition coefficient (Wildman–Crippen LogP) is 0.840. The molecule has 2 amide bonds. The number of piperazine rings is 1. The van der Waals surface area contributed by atoms with Gasteiger partial charge < -0.3 is 20.7 Å². The second-order valence-electron chi connectivity index (χ2n) is 7.40. The van der Waals surface area contributed by atoms with Crippen molar-refractivity contribution in [3.63, 3.8) is 0 Å². The van der Waals surface area contributed by atoms with Gasteiger partial charge in [-0.05, 0) is 30.9 Å². The van der Waals surface area contributed by atoms with E-state index in [1.54, 1.807) is 0 Å². The second kappa shape index (κ2) is 8.82. The number of carbonyl (C=O) groups is 2. The number of aryl methyl sites for hydroxylation is 1. The van der Waals surface area contributed by atoms with Gasteiger partial charge in [0, 0.05) is 45.1 Å². The van der Waals surface area contributed by atoms with Crippen LogP contribution in [-0.2, 0) is 20.7 Å². The van der Waals surface area contributed by atoms with E-state index in [1.807, 2.05) is 29.2 Å². The Morgan fingerprint density at radius 1 is 1.15 bits per heavy atom. The molecule has 3 N–H and O–H groups in total. The Bertz CT molecular complexity index is 665. The molecule has 0 spiro atoms. The van der Waals surface area contributed by atoms with E-state index < -0.39 is 5.54 Å². The minimum absolute atomic E-state index is 0.0181. The van der Waals surface area contributed by atoms with Crippen molar-refractivity contribution in [2.75, 3.05) is 51.3 Å². The summed E-state index contributed by atoms with van der Waals surface area (Å²) in [6.45, 7) is 6.08. The Kier molecular flexibility index (Phi) is 6.46. The number of hydrogen-bond acceptors (Lipinski definition) is 5. The van der Waals surface area contributed by atoms with E-state index in [-0.39, 0.29) is 11.8 Å². The summed E-state index contributed by atoms with van der Waals surface area (Å²) in [6, 6.07) is 7.87. The average molecular weight is 374 g/mol. The Morgan fingerprint density at radius 2 is 1.81 bits per heavy atom. The first kappa shape index (κ1) is 19.8. The average Bonchev–Trinajstić information content (AvgIpc) is 2.69. The molecule has 2 aliphatic rings. The molecule has 7 heteroatoms. The van der Waals surface area contributed by atoms with Crippen LogP contribution in [0.25, 0.3) is 0 Å². The molecular weight excluding hydrogens is 344 g/mol. The number of hydrogen-bond donors (Lipinski definition) is 2. The normalized spacial score (nSPS) is 20.3. The second-order valence-corrected chi connectivity index (χ2v) is 7.40. The lowest BCUT2D eigenvalue weighted by atomic mass is 9.89.